The van der Waals surface area contributed by atoms with Crippen molar-refractivity contribution in [3.8, 4) is 5.75 Å². The van der Waals surface area contributed by atoms with Crippen molar-refractivity contribution in [1.82, 2.24) is 9.88 Å². The van der Waals surface area contributed by atoms with Crippen LogP contribution in [0.15, 0.2) is 42.6 Å². The summed E-state index contributed by atoms with van der Waals surface area (Å²) < 4.78 is 88.6. The van der Waals surface area contributed by atoms with Crippen LogP contribution in [0.3, 0.4) is 0 Å². The van der Waals surface area contributed by atoms with Gasteiger partial charge in [0.1, 0.15) is 5.75 Å². The van der Waals surface area contributed by atoms with Crippen molar-refractivity contribution in [2.45, 2.75) is 43.4 Å². The van der Waals surface area contributed by atoms with Gasteiger partial charge in [-0.25, -0.2) is 19.0 Å². The zero-order valence-corrected chi connectivity index (χ0v) is 20.9. The summed E-state index contributed by atoms with van der Waals surface area (Å²) in [7, 11) is 1.68. The van der Waals surface area contributed by atoms with Crippen molar-refractivity contribution in [2.75, 3.05) is 32.1 Å². The number of methoxy groups -OCH3 is 1. The third-order valence-electron chi connectivity index (χ3n) is 5.75. The largest absolute Gasteiger partial charge is 0.497 e. The number of likely N-dealkylation sites (tertiary alicyclic amines) is 1. The second kappa shape index (κ2) is 13.6. The maximum Gasteiger partial charge on any atom is 0.490 e. The Hall–Kier alpha value is -3.66. The molecule has 2 saturated heterocycles. The fraction of sp³-hybridized carbons (Fsp3) is 0.458. The van der Waals surface area contributed by atoms with Gasteiger partial charge in [-0.05, 0) is 36.2 Å². The number of nitrogens with one attached hydrogen (secondary N) is 1. The van der Waals surface area contributed by atoms with Crippen molar-refractivity contribution in [3.05, 3.63) is 54.0 Å². The molecule has 3 N–H and O–H groups in total. The first kappa shape index (κ1) is 32.6. The maximum absolute atomic E-state index is 13.8. The fourth-order valence-electron chi connectivity index (χ4n) is 3.96. The van der Waals surface area contributed by atoms with Crippen LogP contribution >= 0.6 is 0 Å². The van der Waals surface area contributed by atoms with Gasteiger partial charge in [0, 0.05) is 32.3 Å². The number of aliphatic carboxylic acids is 2. The van der Waals surface area contributed by atoms with Crippen LogP contribution in [0.25, 0.3) is 0 Å². The lowest BCUT2D eigenvalue weighted by Gasteiger charge is -2.23. The number of benzene rings is 1. The molecule has 0 saturated carbocycles. The molecule has 2 aliphatic rings. The van der Waals surface area contributed by atoms with E-state index in [1.165, 1.54) is 11.6 Å². The highest BCUT2D eigenvalue weighted by Crippen LogP contribution is 2.36. The molecule has 0 bridgehead atoms. The number of hydrogen-bond donors (Lipinski definition) is 3. The molecule has 3 heterocycles. The second-order valence-corrected chi connectivity index (χ2v) is 8.79. The summed E-state index contributed by atoms with van der Waals surface area (Å²) in [6.07, 6.45) is -6.68. The van der Waals surface area contributed by atoms with E-state index in [4.69, 9.17) is 29.3 Å². The normalized spacial score (nSPS) is 20.6. The SMILES string of the molecule is COc1ccc(CN2CCC3(CC(Nc4ncccc4F)CO3)C2)cc1.O=C(O)C(F)(F)F.O=C(O)C(F)(F)F. The Labute approximate surface area is 223 Å². The van der Waals surface area contributed by atoms with Gasteiger partial charge in [0.15, 0.2) is 11.6 Å². The van der Waals surface area contributed by atoms with E-state index in [9.17, 15) is 30.7 Å². The molecule has 9 nitrogen and oxygen atoms in total. The topological polar surface area (TPSA) is 121 Å². The number of ether oxygens (including phenoxy) is 2. The molecule has 1 aromatic heterocycles. The lowest BCUT2D eigenvalue weighted by Crippen LogP contribution is -2.33. The Balaban J connectivity index is 0.000000333. The van der Waals surface area contributed by atoms with Crippen molar-refractivity contribution < 1.29 is 60.0 Å². The van der Waals surface area contributed by atoms with E-state index in [-0.39, 0.29) is 17.5 Å². The molecule has 0 radical (unpaired) electrons. The molecule has 222 valence electrons. The Morgan fingerprint density at radius 1 is 1.10 bits per heavy atom. The lowest BCUT2D eigenvalue weighted by atomic mass is 9.97. The van der Waals surface area contributed by atoms with Gasteiger partial charge in [-0.2, -0.15) is 26.3 Å². The minimum atomic E-state index is -5.08. The summed E-state index contributed by atoms with van der Waals surface area (Å²) in [6.45, 7) is 3.41. The molecule has 0 amide bonds. The van der Waals surface area contributed by atoms with Gasteiger partial charge < -0.3 is 25.0 Å². The van der Waals surface area contributed by atoms with Crippen LogP contribution in [0.4, 0.5) is 36.6 Å². The summed E-state index contributed by atoms with van der Waals surface area (Å²) in [5.41, 5.74) is 1.14. The predicted molar refractivity (Wildman–Crippen MR) is 125 cm³/mol. The Bertz CT molecular complexity index is 1110. The number of halogens is 7. The van der Waals surface area contributed by atoms with Crippen LogP contribution in [0.5, 0.6) is 5.75 Å². The van der Waals surface area contributed by atoms with Crippen molar-refractivity contribution in [2.24, 2.45) is 0 Å². The average Bonchev–Trinajstić information content (AvgIpc) is 3.45. The smallest absolute Gasteiger partial charge is 0.490 e. The van der Waals surface area contributed by atoms with Gasteiger partial charge >= 0.3 is 24.3 Å². The van der Waals surface area contributed by atoms with Crippen LogP contribution < -0.4 is 10.1 Å². The number of rotatable bonds is 5. The number of carboxylic acid groups (broad SMARTS) is 2. The molecule has 2 aromatic rings. The fourth-order valence-corrected chi connectivity index (χ4v) is 3.96. The minimum absolute atomic E-state index is 0.0975. The van der Waals surface area contributed by atoms with Crippen molar-refractivity contribution >= 4 is 17.8 Å². The number of anilines is 1. The molecule has 2 unspecified atom stereocenters. The molecular formula is C24H26F7N3O6. The monoisotopic (exact) mass is 585 g/mol. The summed E-state index contributed by atoms with van der Waals surface area (Å²) >= 11 is 0. The van der Waals surface area contributed by atoms with E-state index in [0.29, 0.717) is 12.4 Å². The third kappa shape index (κ3) is 10.1. The van der Waals surface area contributed by atoms with E-state index < -0.39 is 24.3 Å². The highest BCUT2D eigenvalue weighted by molar-refractivity contribution is 5.73. The van der Waals surface area contributed by atoms with Gasteiger partial charge in [0.05, 0.1) is 25.4 Å². The zero-order valence-electron chi connectivity index (χ0n) is 20.9. The number of alkyl halides is 6. The molecule has 2 atom stereocenters. The molecule has 1 aromatic carbocycles. The molecule has 16 heteroatoms. The van der Waals surface area contributed by atoms with Crippen LogP contribution in [-0.4, -0.2) is 82.8 Å². The summed E-state index contributed by atoms with van der Waals surface area (Å²) in [5, 5.41) is 17.4. The number of nitrogens with zero attached hydrogens (tertiary/aromatic N) is 2. The highest BCUT2D eigenvalue weighted by Gasteiger charge is 2.45. The number of aromatic nitrogens is 1. The summed E-state index contributed by atoms with van der Waals surface area (Å²) in [6, 6.07) is 11.3. The molecule has 4 rings (SSSR count). The standard InChI is InChI=1S/C20H24FN3O2.2C2HF3O2/c1-25-17-6-4-15(5-7-17)12-24-10-8-20(14-24)11-16(13-26-20)23-19-18(21)3-2-9-22-19;2*3-2(4,5)1(6)7/h2-7,9,16H,8,10-14H2,1H3,(H,22,23);2*(H,6,7). The number of pyridine rings is 1. The Kier molecular flexibility index (Phi) is 11.1. The number of carboxylic acids is 2. The molecule has 2 fully saturated rings. The van der Waals surface area contributed by atoms with Crippen LogP contribution in [0.2, 0.25) is 0 Å². The first-order chi connectivity index (χ1) is 18.5. The molecular weight excluding hydrogens is 559 g/mol. The van der Waals surface area contributed by atoms with Crippen LogP contribution in [-0.2, 0) is 20.9 Å². The van der Waals surface area contributed by atoms with Gasteiger partial charge in [-0.15, -0.1) is 0 Å². The van der Waals surface area contributed by atoms with E-state index in [1.54, 1.807) is 19.4 Å². The van der Waals surface area contributed by atoms with Crippen molar-refractivity contribution in [3.63, 3.8) is 0 Å². The molecule has 1 spiro atoms. The highest BCUT2D eigenvalue weighted by atomic mass is 19.4. The predicted octanol–water partition coefficient (Wildman–Crippen LogP) is 4.34. The van der Waals surface area contributed by atoms with Gasteiger partial charge in [-0.1, -0.05) is 12.1 Å². The van der Waals surface area contributed by atoms with E-state index in [2.05, 4.69) is 27.3 Å². The van der Waals surface area contributed by atoms with Gasteiger partial charge in [0.25, 0.3) is 0 Å². The Morgan fingerprint density at radius 3 is 2.17 bits per heavy atom. The van der Waals surface area contributed by atoms with E-state index in [1.807, 2.05) is 12.1 Å². The molecule has 0 aliphatic carbocycles. The number of hydrogen-bond acceptors (Lipinski definition) is 7. The summed E-state index contributed by atoms with van der Waals surface area (Å²) in [5.74, 6) is -4.64. The molecule has 40 heavy (non-hydrogen) atoms. The van der Waals surface area contributed by atoms with E-state index in [0.717, 1.165) is 38.2 Å². The molecule has 2 aliphatic heterocycles. The Morgan fingerprint density at radius 2 is 1.68 bits per heavy atom. The van der Waals surface area contributed by atoms with Gasteiger partial charge in [0.2, 0.25) is 0 Å². The minimum Gasteiger partial charge on any atom is -0.497 e. The van der Waals surface area contributed by atoms with Crippen LogP contribution in [0, 0.1) is 5.82 Å². The summed E-state index contributed by atoms with van der Waals surface area (Å²) in [4.78, 5) is 24.3. The van der Waals surface area contributed by atoms with Gasteiger partial charge in [-0.3, -0.25) is 4.90 Å². The maximum atomic E-state index is 13.8. The zero-order chi connectivity index (χ0) is 30.1. The lowest BCUT2D eigenvalue weighted by molar-refractivity contribution is -0.193. The van der Waals surface area contributed by atoms with E-state index >= 15 is 0 Å². The van der Waals surface area contributed by atoms with Crippen molar-refractivity contribution in [1.29, 1.82) is 0 Å². The number of carbonyl (C=O) groups is 2. The third-order valence-corrected chi connectivity index (χ3v) is 5.75. The quantitative estimate of drug-likeness (QED) is 0.440. The van der Waals surface area contributed by atoms with Crippen LogP contribution in [0.1, 0.15) is 18.4 Å². The first-order valence-electron chi connectivity index (χ1n) is 11.5. The average molecular weight is 585 g/mol. The second-order valence-electron chi connectivity index (χ2n) is 8.79. The first-order valence-corrected chi connectivity index (χ1v) is 11.5.